The molecule has 0 bridgehead atoms. The Morgan fingerprint density at radius 2 is 1.67 bits per heavy atom. The summed E-state index contributed by atoms with van der Waals surface area (Å²) in [5.74, 6) is -2.56. The van der Waals surface area contributed by atoms with E-state index in [1.807, 2.05) is 0 Å². The van der Waals surface area contributed by atoms with Gasteiger partial charge in [0, 0.05) is 12.5 Å². The van der Waals surface area contributed by atoms with Crippen LogP contribution in [0.15, 0.2) is 0 Å². The van der Waals surface area contributed by atoms with E-state index in [-0.39, 0.29) is 31.2 Å². The molecule has 2 N–H and O–H groups in total. The Kier molecular flexibility index (Phi) is 5.73. The molecule has 4 rings (SSSR count). The zero-order valence-electron chi connectivity index (χ0n) is 17.1. The second-order valence-electron chi connectivity index (χ2n) is 9.29. The first-order valence-electron chi connectivity index (χ1n) is 10.9. The maximum absolute atomic E-state index is 13.0. The Hall–Kier alpha value is -1.81. The van der Waals surface area contributed by atoms with Gasteiger partial charge in [-0.05, 0) is 44.4 Å². The normalized spacial score (nSPS) is 37.8. The number of nitrogens with zero attached hydrogens (tertiary/aromatic N) is 1. The summed E-state index contributed by atoms with van der Waals surface area (Å²) in [6.07, 6.45) is 4.64. The van der Waals surface area contributed by atoms with Crippen LogP contribution in [0, 0.1) is 17.8 Å². The summed E-state index contributed by atoms with van der Waals surface area (Å²) in [6.45, 7) is 2.07. The first-order valence-corrected chi connectivity index (χ1v) is 12.4. The molecule has 6 unspecified atom stereocenters. The summed E-state index contributed by atoms with van der Waals surface area (Å²) in [5.41, 5.74) is 0. The standard InChI is InChI=1S/C20H29N3O6S/c1-11-3-2-4-13(9-11)30(28,29)22-12-5-6-14-15(10-12)20(27)23(19(14)26)16-7-8-17(24)21-18(16)25/h11-16,22H,2-10H2,1H3,(H,21,24,25). The third kappa shape index (κ3) is 3.91. The number of nitrogens with one attached hydrogen (secondary N) is 2. The number of imide groups is 2. The van der Waals surface area contributed by atoms with Gasteiger partial charge in [-0.15, -0.1) is 0 Å². The van der Waals surface area contributed by atoms with Crippen LogP contribution in [0.5, 0.6) is 0 Å². The summed E-state index contributed by atoms with van der Waals surface area (Å²) >= 11 is 0. The van der Waals surface area contributed by atoms with Crippen molar-refractivity contribution in [3.05, 3.63) is 0 Å². The van der Waals surface area contributed by atoms with E-state index in [0.29, 0.717) is 31.6 Å². The summed E-state index contributed by atoms with van der Waals surface area (Å²) < 4.78 is 28.5. The number of likely N-dealkylation sites (tertiary alicyclic amines) is 1. The highest BCUT2D eigenvalue weighted by Gasteiger charge is 2.54. The second kappa shape index (κ2) is 8.03. The molecule has 2 aliphatic carbocycles. The molecule has 4 fully saturated rings. The molecular weight excluding hydrogens is 410 g/mol. The minimum Gasteiger partial charge on any atom is -0.295 e. The highest BCUT2D eigenvalue weighted by Crippen LogP contribution is 2.40. The number of piperidine rings is 1. The summed E-state index contributed by atoms with van der Waals surface area (Å²) in [7, 11) is -3.49. The molecule has 0 aromatic carbocycles. The van der Waals surface area contributed by atoms with Crippen LogP contribution in [0.25, 0.3) is 0 Å². The van der Waals surface area contributed by atoms with Crippen LogP contribution in [0.1, 0.15) is 64.7 Å². The number of hydrogen-bond acceptors (Lipinski definition) is 6. The Morgan fingerprint density at radius 1 is 0.933 bits per heavy atom. The third-order valence-electron chi connectivity index (χ3n) is 7.14. The molecule has 0 spiro atoms. The maximum atomic E-state index is 13.0. The van der Waals surface area contributed by atoms with Gasteiger partial charge in [-0.3, -0.25) is 29.4 Å². The monoisotopic (exact) mass is 439 g/mol. The molecule has 2 heterocycles. The van der Waals surface area contributed by atoms with Crippen LogP contribution in [0.3, 0.4) is 0 Å². The average Bonchev–Trinajstić information content (AvgIpc) is 2.92. The third-order valence-corrected chi connectivity index (χ3v) is 9.11. The van der Waals surface area contributed by atoms with Crippen LogP contribution in [-0.2, 0) is 29.2 Å². The Labute approximate surface area is 176 Å². The largest absolute Gasteiger partial charge is 0.295 e. The zero-order valence-corrected chi connectivity index (χ0v) is 17.9. The Balaban J connectivity index is 1.43. The van der Waals surface area contributed by atoms with Crippen LogP contribution in [0.2, 0.25) is 0 Å². The van der Waals surface area contributed by atoms with Crippen molar-refractivity contribution in [2.75, 3.05) is 0 Å². The molecule has 30 heavy (non-hydrogen) atoms. The highest BCUT2D eigenvalue weighted by atomic mass is 32.2. The van der Waals surface area contributed by atoms with E-state index in [1.165, 1.54) is 0 Å². The summed E-state index contributed by atoms with van der Waals surface area (Å²) in [6, 6.07) is -1.33. The minimum atomic E-state index is -3.49. The lowest BCUT2D eigenvalue weighted by Gasteiger charge is -2.32. The van der Waals surface area contributed by atoms with Gasteiger partial charge in [0.05, 0.1) is 17.1 Å². The fourth-order valence-corrected chi connectivity index (χ4v) is 7.47. The molecule has 166 valence electrons. The molecule has 6 atom stereocenters. The van der Waals surface area contributed by atoms with E-state index < -0.39 is 50.9 Å². The topological polar surface area (TPSA) is 130 Å². The zero-order chi connectivity index (χ0) is 21.6. The number of rotatable bonds is 4. The molecule has 2 saturated heterocycles. The van der Waals surface area contributed by atoms with E-state index in [1.54, 1.807) is 0 Å². The van der Waals surface area contributed by atoms with Gasteiger partial charge in [-0.25, -0.2) is 13.1 Å². The van der Waals surface area contributed by atoms with Crippen LogP contribution < -0.4 is 10.0 Å². The van der Waals surface area contributed by atoms with Crippen LogP contribution in [0.4, 0.5) is 0 Å². The highest BCUT2D eigenvalue weighted by molar-refractivity contribution is 7.90. The Morgan fingerprint density at radius 3 is 2.37 bits per heavy atom. The van der Waals surface area contributed by atoms with Crippen molar-refractivity contribution in [3.8, 4) is 0 Å². The number of fused-ring (bicyclic) bond motifs is 1. The fourth-order valence-electron chi connectivity index (χ4n) is 5.54. The lowest BCUT2D eigenvalue weighted by molar-refractivity contribution is -0.151. The number of carbonyl (C=O) groups excluding carboxylic acids is 4. The van der Waals surface area contributed by atoms with Crippen molar-refractivity contribution >= 4 is 33.7 Å². The molecule has 9 nitrogen and oxygen atoms in total. The number of sulfonamides is 1. The molecule has 4 aliphatic rings. The van der Waals surface area contributed by atoms with E-state index in [4.69, 9.17) is 0 Å². The van der Waals surface area contributed by atoms with Gasteiger partial charge in [0.1, 0.15) is 6.04 Å². The minimum absolute atomic E-state index is 0.0883. The van der Waals surface area contributed by atoms with Gasteiger partial charge in [0.2, 0.25) is 33.7 Å². The lowest BCUT2D eigenvalue weighted by Crippen LogP contribution is -2.54. The molecule has 0 radical (unpaired) electrons. The summed E-state index contributed by atoms with van der Waals surface area (Å²) in [5, 5.41) is 1.79. The van der Waals surface area contributed by atoms with Crippen molar-refractivity contribution in [1.29, 1.82) is 0 Å². The van der Waals surface area contributed by atoms with Crippen molar-refractivity contribution in [2.45, 2.75) is 82.0 Å². The van der Waals surface area contributed by atoms with Crippen molar-refractivity contribution in [2.24, 2.45) is 17.8 Å². The van der Waals surface area contributed by atoms with Gasteiger partial charge in [-0.2, -0.15) is 0 Å². The Bertz CT molecular complexity index is 872. The second-order valence-corrected chi connectivity index (χ2v) is 11.3. The van der Waals surface area contributed by atoms with E-state index in [9.17, 15) is 27.6 Å². The molecule has 2 aliphatic heterocycles. The van der Waals surface area contributed by atoms with Gasteiger partial charge in [-0.1, -0.05) is 19.8 Å². The SMILES string of the molecule is CC1CCCC(S(=O)(=O)NC2CCC3C(=O)N(C4CCC(=O)NC4=O)C(=O)C3C2)C1. The number of hydrogen-bond donors (Lipinski definition) is 2. The van der Waals surface area contributed by atoms with Crippen molar-refractivity contribution in [1.82, 2.24) is 14.9 Å². The smallest absolute Gasteiger partial charge is 0.249 e. The molecule has 10 heteroatoms. The molecule has 0 aromatic rings. The predicted octanol–water partition coefficient (Wildman–Crippen LogP) is 0.443. The summed E-state index contributed by atoms with van der Waals surface area (Å²) in [4.78, 5) is 50.4. The van der Waals surface area contributed by atoms with Gasteiger partial charge < -0.3 is 0 Å². The van der Waals surface area contributed by atoms with E-state index >= 15 is 0 Å². The molecular formula is C20H29N3O6S. The molecule has 4 amide bonds. The van der Waals surface area contributed by atoms with Crippen molar-refractivity contribution < 1.29 is 27.6 Å². The number of carbonyl (C=O) groups is 4. The molecule has 0 aromatic heterocycles. The maximum Gasteiger partial charge on any atom is 0.249 e. The first kappa shape index (κ1) is 21.4. The quantitative estimate of drug-likeness (QED) is 0.612. The van der Waals surface area contributed by atoms with Crippen LogP contribution >= 0.6 is 0 Å². The fraction of sp³-hybridized carbons (Fsp3) is 0.800. The van der Waals surface area contributed by atoms with Crippen LogP contribution in [-0.4, -0.2) is 54.3 Å². The van der Waals surface area contributed by atoms with Gasteiger partial charge in [0.15, 0.2) is 0 Å². The van der Waals surface area contributed by atoms with Gasteiger partial charge >= 0.3 is 0 Å². The predicted molar refractivity (Wildman–Crippen MR) is 106 cm³/mol. The van der Waals surface area contributed by atoms with Crippen molar-refractivity contribution in [3.63, 3.8) is 0 Å². The molecule has 2 saturated carbocycles. The lowest BCUT2D eigenvalue weighted by atomic mass is 9.79. The van der Waals surface area contributed by atoms with E-state index in [2.05, 4.69) is 17.0 Å². The van der Waals surface area contributed by atoms with Gasteiger partial charge in [0.25, 0.3) is 0 Å². The average molecular weight is 440 g/mol. The van der Waals surface area contributed by atoms with E-state index in [0.717, 1.165) is 17.7 Å². The first-order chi connectivity index (χ1) is 14.2. The number of amides is 4.